The van der Waals surface area contributed by atoms with E-state index in [-0.39, 0.29) is 23.5 Å². The number of hydrogen-bond donors (Lipinski definition) is 3. The Kier molecular flexibility index (Phi) is 5.50. The standard InChI is InChI=1S/C23H34O5/c1-14-5-6-17(21(3)9-8-16(25)11-18(14)21)19(26)12-22(4)15(2)7-10-23(22,28)20(27)13-24/h8-9,11,14-15,17,19,24,26,28H,5-7,10,12-13H2,1-4H3/t14-,15+,17+,19-,21+,22-,23-/m0/s1. The Morgan fingerprint density at radius 3 is 2.57 bits per heavy atom. The number of carbonyl (C=O) groups excluding carboxylic acids is 2. The summed E-state index contributed by atoms with van der Waals surface area (Å²) < 4.78 is 0. The highest BCUT2D eigenvalue weighted by Gasteiger charge is 2.60. The summed E-state index contributed by atoms with van der Waals surface area (Å²) >= 11 is 0. The van der Waals surface area contributed by atoms with Crippen molar-refractivity contribution in [2.75, 3.05) is 6.61 Å². The van der Waals surface area contributed by atoms with E-state index >= 15 is 0 Å². The van der Waals surface area contributed by atoms with Gasteiger partial charge in [-0.2, -0.15) is 0 Å². The molecule has 2 fully saturated rings. The summed E-state index contributed by atoms with van der Waals surface area (Å²) in [6.45, 7) is 7.39. The Morgan fingerprint density at radius 1 is 1.25 bits per heavy atom. The number of allylic oxidation sites excluding steroid dienone is 4. The molecule has 0 unspecified atom stereocenters. The molecule has 0 radical (unpaired) electrons. The third-order valence-electron chi connectivity index (χ3n) is 8.40. The van der Waals surface area contributed by atoms with Crippen molar-refractivity contribution in [3.8, 4) is 0 Å². The SMILES string of the molecule is C[C@@H]1CC[C@](O)(C(=O)CO)[C@@]1(C)C[C@H](O)[C@H]1CC[C@H](C)C2=CC(=O)C=C[C@@]21C. The normalized spacial score (nSPS) is 44.2. The first-order chi connectivity index (χ1) is 13.0. The molecule has 0 bridgehead atoms. The Labute approximate surface area is 167 Å². The van der Waals surface area contributed by atoms with E-state index in [0.717, 1.165) is 18.4 Å². The number of carbonyl (C=O) groups is 2. The van der Waals surface area contributed by atoms with Crippen LogP contribution in [0.15, 0.2) is 23.8 Å². The van der Waals surface area contributed by atoms with Gasteiger partial charge in [-0.05, 0) is 62.0 Å². The summed E-state index contributed by atoms with van der Waals surface area (Å²) in [4.78, 5) is 24.3. The second kappa shape index (κ2) is 7.19. The monoisotopic (exact) mass is 390 g/mol. The molecule has 3 aliphatic carbocycles. The molecule has 0 spiro atoms. The molecule has 5 nitrogen and oxygen atoms in total. The highest BCUT2D eigenvalue weighted by atomic mass is 16.3. The molecule has 0 aromatic heterocycles. The van der Waals surface area contributed by atoms with E-state index in [1.807, 2.05) is 19.9 Å². The van der Waals surface area contributed by atoms with Gasteiger partial charge in [0.15, 0.2) is 11.6 Å². The number of rotatable bonds is 5. The molecule has 0 saturated heterocycles. The van der Waals surface area contributed by atoms with Gasteiger partial charge in [0.1, 0.15) is 12.2 Å². The molecule has 156 valence electrons. The van der Waals surface area contributed by atoms with E-state index in [9.17, 15) is 24.9 Å². The van der Waals surface area contributed by atoms with E-state index in [2.05, 4.69) is 13.8 Å². The zero-order chi connectivity index (χ0) is 20.9. The van der Waals surface area contributed by atoms with Crippen LogP contribution in [0.1, 0.15) is 59.8 Å². The Bertz CT molecular complexity index is 725. The highest BCUT2D eigenvalue weighted by Crippen LogP contribution is 2.57. The predicted octanol–water partition coefficient (Wildman–Crippen LogP) is 2.58. The molecule has 28 heavy (non-hydrogen) atoms. The van der Waals surface area contributed by atoms with E-state index < -0.39 is 34.9 Å². The van der Waals surface area contributed by atoms with Gasteiger partial charge in [-0.3, -0.25) is 9.59 Å². The molecule has 0 amide bonds. The second-order valence-corrected chi connectivity index (χ2v) is 9.77. The third-order valence-corrected chi connectivity index (χ3v) is 8.40. The number of hydrogen-bond acceptors (Lipinski definition) is 5. The molecule has 0 aromatic rings. The summed E-state index contributed by atoms with van der Waals surface area (Å²) in [5, 5.41) is 31.9. The Balaban J connectivity index is 1.91. The summed E-state index contributed by atoms with van der Waals surface area (Å²) in [5.74, 6) is -0.308. The number of ketones is 2. The minimum atomic E-state index is -1.61. The van der Waals surface area contributed by atoms with Gasteiger partial charge in [0.05, 0.1) is 6.10 Å². The predicted molar refractivity (Wildman–Crippen MR) is 106 cm³/mol. The fraction of sp³-hybridized carbons (Fsp3) is 0.739. The van der Waals surface area contributed by atoms with Gasteiger partial charge in [0, 0.05) is 10.8 Å². The van der Waals surface area contributed by atoms with Crippen LogP contribution in [-0.2, 0) is 9.59 Å². The van der Waals surface area contributed by atoms with Gasteiger partial charge < -0.3 is 15.3 Å². The van der Waals surface area contributed by atoms with Crippen LogP contribution in [0.25, 0.3) is 0 Å². The summed E-state index contributed by atoms with van der Waals surface area (Å²) in [6.07, 6.45) is 7.53. The smallest absolute Gasteiger partial charge is 0.190 e. The molecular formula is C23H34O5. The van der Waals surface area contributed by atoms with Crippen molar-refractivity contribution in [2.24, 2.45) is 28.6 Å². The topological polar surface area (TPSA) is 94.8 Å². The van der Waals surface area contributed by atoms with E-state index in [0.29, 0.717) is 19.3 Å². The molecule has 3 aliphatic rings. The van der Waals surface area contributed by atoms with Crippen molar-refractivity contribution in [2.45, 2.75) is 71.5 Å². The van der Waals surface area contributed by atoms with E-state index in [4.69, 9.17) is 0 Å². The van der Waals surface area contributed by atoms with Crippen molar-refractivity contribution < 1.29 is 24.9 Å². The lowest BCUT2D eigenvalue weighted by molar-refractivity contribution is -0.158. The van der Waals surface area contributed by atoms with Gasteiger partial charge in [-0.25, -0.2) is 0 Å². The lowest BCUT2D eigenvalue weighted by Crippen LogP contribution is -2.55. The minimum absolute atomic E-state index is 0.00578. The maximum Gasteiger partial charge on any atom is 0.190 e. The molecule has 0 aliphatic heterocycles. The van der Waals surface area contributed by atoms with E-state index in [1.165, 1.54) is 0 Å². The van der Waals surface area contributed by atoms with Gasteiger partial charge in [-0.15, -0.1) is 0 Å². The number of fused-ring (bicyclic) bond motifs is 1. The maximum absolute atomic E-state index is 12.4. The zero-order valence-electron chi connectivity index (χ0n) is 17.4. The molecule has 0 aromatic carbocycles. The second-order valence-electron chi connectivity index (χ2n) is 9.77. The first kappa shape index (κ1) is 21.4. The van der Waals surface area contributed by atoms with Crippen LogP contribution in [0.5, 0.6) is 0 Å². The highest BCUT2D eigenvalue weighted by molar-refractivity contribution is 6.01. The summed E-state index contributed by atoms with van der Waals surface area (Å²) in [5.41, 5.74) is -1.74. The molecule has 3 rings (SSSR count). The van der Waals surface area contributed by atoms with E-state index in [1.54, 1.807) is 12.2 Å². The summed E-state index contributed by atoms with van der Waals surface area (Å²) in [6, 6.07) is 0. The Hall–Kier alpha value is -1.30. The third kappa shape index (κ3) is 3.03. The first-order valence-corrected chi connectivity index (χ1v) is 10.5. The van der Waals surface area contributed by atoms with Crippen LogP contribution in [0.4, 0.5) is 0 Å². The molecule has 5 heteroatoms. The lowest BCUT2D eigenvalue weighted by Gasteiger charge is -2.50. The van der Waals surface area contributed by atoms with Crippen LogP contribution >= 0.6 is 0 Å². The van der Waals surface area contributed by atoms with Crippen LogP contribution in [0.2, 0.25) is 0 Å². The molecule has 3 N–H and O–H groups in total. The van der Waals surface area contributed by atoms with Crippen molar-refractivity contribution >= 4 is 11.6 Å². The van der Waals surface area contributed by atoms with Crippen molar-refractivity contribution in [3.05, 3.63) is 23.8 Å². The lowest BCUT2D eigenvalue weighted by atomic mass is 9.55. The fourth-order valence-electron chi connectivity index (χ4n) is 6.17. The largest absolute Gasteiger partial charge is 0.393 e. The first-order valence-electron chi connectivity index (χ1n) is 10.5. The maximum atomic E-state index is 12.4. The van der Waals surface area contributed by atoms with Gasteiger partial charge in [0.25, 0.3) is 0 Å². The van der Waals surface area contributed by atoms with Crippen molar-refractivity contribution in [1.29, 1.82) is 0 Å². The van der Waals surface area contributed by atoms with Crippen molar-refractivity contribution in [3.63, 3.8) is 0 Å². The van der Waals surface area contributed by atoms with Crippen LogP contribution in [0.3, 0.4) is 0 Å². The van der Waals surface area contributed by atoms with Crippen LogP contribution in [-0.4, -0.2) is 45.2 Å². The van der Waals surface area contributed by atoms with Crippen LogP contribution < -0.4 is 0 Å². The van der Waals surface area contributed by atoms with Crippen LogP contribution in [0, 0.1) is 28.6 Å². The zero-order valence-corrected chi connectivity index (χ0v) is 17.4. The van der Waals surface area contributed by atoms with Gasteiger partial charge >= 0.3 is 0 Å². The molecule has 7 atom stereocenters. The van der Waals surface area contributed by atoms with Gasteiger partial charge in [-0.1, -0.05) is 39.3 Å². The number of Topliss-reactive ketones (excluding diaryl/α,β-unsaturated/α-hetero) is 1. The summed E-state index contributed by atoms with van der Waals surface area (Å²) in [7, 11) is 0. The quantitative estimate of drug-likeness (QED) is 0.671. The minimum Gasteiger partial charge on any atom is -0.393 e. The van der Waals surface area contributed by atoms with Crippen molar-refractivity contribution in [1.82, 2.24) is 0 Å². The average molecular weight is 391 g/mol. The molecule has 2 saturated carbocycles. The Morgan fingerprint density at radius 2 is 1.93 bits per heavy atom. The number of aliphatic hydroxyl groups is 3. The average Bonchev–Trinajstić information content (AvgIpc) is 2.87. The van der Waals surface area contributed by atoms with Gasteiger partial charge in [0.2, 0.25) is 0 Å². The fourth-order valence-corrected chi connectivity index (χ4v) is 6.17. The molecule has 0 heterocycles. The molecular weight excluding hydrogens is 356 g/mol. The number of aliphatic hydroxyl groups excluding tert-OH is 2.